The Kier molecular flexibility index (Phi) is 6.88. The molecule has 7 nitrogen and oxygen atoms in total. The highest BCUT2D eigenvalue weighted by Crippen LogP contribution is 2.24. The second-order valence-corrected chi connectivity index (χ2v) is 10.2. The molecule has 28 heavy (non-hydrogen) atoms. The number of piperidine rings is 1. The lowest BCUT2D eigenvalue weighted by Crippen LogP contribution is -2.49. The number of rotatable bonds is 5. The monoisotopic (exact) mass is 410 g/mol. The molecule has 1 N–H and O–H groups in total. The molecule has 1 fully saturated rings. The molecule has 1 aliphatic rings. The molecule has 0 unspecified atom stereocenters. The Morgan fingerprint density at radius 1 is 1.21 bits per heavy atom. The molecular weight excluding hydrogens is 380 g/mol. The second kappa shape index (κ2) is 8.61. The molecular formula is C20H30N2O5S. The van der Waals surface area contributed by atoms with Crippen LogP contribution in [0.3, 0.4) is 0 Å². The molecule has 1 aliphatic heterocycles. The first-order valence-corrected chi connectivity index (χ1v) is 10.9. The standard InChI is InChI=1S/C20H30N2O5S/c1-14-8-10-17(11-9-14)28(25,26)22-12-6-7-16(13-22)18(23)21-15(2)19(24)27-20(3,4)5/h8-11,15-16H,6-7,12-13H2,1-5H3,(H,21,23)/t15-,16+/m1/s1. The van der Waals surface area contributed by atoms with Gasteiger partial charge in [-0.3, -0.25) is 4.79 Å². The molecule has 0 aromatic heterocycles. The second-order valence-electron chi connectivity index (χ2n) is 8.28. The topological polar surface area (TPSA) is 92.8 Å². The summed E-state index contributed by atoms with van der Waals surface area (Å²) in [6, 6.07) is 5.88. The maximum absolute atomic E-state index is 12.9. The summed E-state index contributed by atoms with van der Waals surface area (Å²) in [6.45, 7) is 9.21. The first-order valence-electron chi connectivity index (χ1n) is 9.50. The summed E-state index contributed by atoms with van der Waals surface area (Å²) in [6.07, 6.45) is 1.16. The summed E-state index contributed by atoms with van der Waals surface area (Å²) in [5.41, 5.74) is 0.339. The van der Waals surface area contributed by atoms with Gasteiger partial charge >= 0.3 is 5.97 Å². The number of nitrogens with one attached hydrogen (secondary N) is 1. The van der Waals surface area contributed by atoms with Crippen molar-refractivity contribution in [1.29, 1.82) is 0 Å². The molecule has 2 atom stereocenters. The van der Waals surface area contributed by atoms with Gasteiger partial charge in [0, 0.05) is 13.1 Å². The van der Waals surface area contributed by atoms with Crippen LogP contribution in [0.5, 0.6) is 0 Å². The van der Waals surface area contributed by atoms with E-state index in [0.29, 0.717) is 19.4 Å². The van der Waals surface area contributed by atoms with E-state index in [1.807, 2.05) is 6.92 Å². The zero-order chi connectivity index (χ0) is 21.1. The smallest absolute Gasteiger partial charge is 0.328 e. The first kappa shape index (κ1) is 22.4. The molecule has 1 saturated heterocycles. The van der Waals surface area contributed by atoms with Crippen LogP contribution in [0.2, 0.25) is 0 Å². The highest BCUT2D eigenvalue weighted by molar-refractivity contribution is 7.89. The van der Waals surface area contributed by atoms with Crippen LogP contribution in [0.4, 0.5) is 0 Å². The van der Waals surface area contributed by atoms with Crippen molar-refractivity contribution < 1.29 is 22.7 Å². The van der Waals surface area contributed by atoms with Gasteiger partial charge in [0.15, 0.2) is 0 Å². The third-order valence-corrected chi connectivity index (χ3v) is 6.41. The fraction of sp³-hybridized carbons (Fsp3) is 0.600. The third-order valence-electron chi connectivity index (χ3n) is 4.53. The number of nitrogens with zero attached hydrogens (tertiary/aromatic N) is 1. The van der Waals surface area contributed by atoms with Gasteiger partial charge in [0.05, 0.1) is 10.8 Å². The molecule has 1 amide bonds. The Hall–Kier alpha value is -1.93. The van der Waals surface area contributed by atoms with Crippen molar-refractivity contribution in [2.24, 2.45) is 5.92 Å². The third kappa shape index (κ3) is 5.78. The lowest BCUT2D eigenvalue weighted by Gasteiger charge is -2.32. The van der Waals surface area contributed by atoms with E-state index < -0.39 is 33.6 Å². The van der Waals surface area contributed by atoms with E-state index >= 15 is 0 Å². The summed E-state index contributed by atoms with van der Waals surface area (Å²) >= 11 is 0. The fourth-order valence-corrected chi connectivity index (χ4v) is 4.54. The Labute approximate surface area is 167 Å². The molecule has 2 rings (SSSR count). The number of hydrogen-bond donors (Lipinski definition) is 1. The highest BCUT2D eigenvalue weighted by atomic mass is 32.2. The lowest BCUT2D eigenvalue weighted by atomic mass is 9.98. The van der Waals surface area contributed by atoms with E-state index in [2.05, 4.69) is 5.32 Å². The lowest BCUT2D eigenvalue weighted by molar-refractivity contribution is -0.158. The van der Waals surface area contributed by atoms with Crippen LogP contribution in [0.15, 0.2) is 29.2 Å². The highest BCUT2D eigenvalue weighted by Gasteiger charge is 2.34. The van der Waals surface area contributed by atoms with Crippen LogP contribution in [-0.4, -0.2) is 49.3 Å². The van der Waals surface area contributed by atoms with Crippen molar-refractivity contribution in [3.63, 3.8) is 0 Å². The Bertz CT molecular complexity index is 812. The molecule has 0 aliphatic carbocycles. The minimum Gasteiger partial charge on any atom is -0.458 e. The molecule has 1 aromatic rings. The molecule has 0 bridgehead atoms. The van der Waals surface area contributed by atoms with Gasteiger partial charge in [0.2, 0.25) is 15.9 Å². The number of amides is 1. The number of benzene rings is 1. The molecule has 156 valence electrons. The largest absolute Gasteiger partial charge is 0.458 e. The maximum atomic E-state index is 12.9. The predicted molar refractivity (Wildman–Crippen MR) is 106 cm³/mol. The summed E-state index contributed by atoms with van der Waals surface area (Å²) in [5, 5.41) is 2.66. The number of hydrogen-bond acceptors (Lipinski definition) is 5. The number of carbonyl (C=O) groups excluding carboxylic acids is 2. The van der Waals surface area contributed by atoms with Crippen LogP contribution in [-0.2, 0) is 24.3 Å². The summed E-state index contributed by atoms with van der Waals surface area (Å²) < 4.78 is 32.4. The van der Waals surface area contributed by atoms with Crippen LogP contribution >= 0.6 is 0 Å². The van der Waals surface area contributed by atoms with Gasteiger partial charge in [-0.15, -0.1) is 0 Å². The van der Waals surface area contributed by atoms with E-state index in [4.69, 9.17) is 4.74 Å². The summed E-state index contributed by atoms with van der Waals surface area (Å²) in [7, 11) is -3.65. The minimum atomic E-state index is -3.65. The van der Waals surface area contributed by atoms with E-state index in [1.54, 1.807) is 52.0 Å². The Balaban J connectivity index is 2.03. The van der Waals surface area contributed by atoms with Gasteiger partial charge in [0.25, 0.3) is 0 Å². The first-order chi connectivity index (χ1) is 12.9. The number of carbonyl (C=O) groups is 2. The number of esters is 1. The zero-order valence-electron chi connectivity index (χ0n) is 17.2. The van der Waals surface area contributed by atoms with Crippen LogP contribution < -0.4 is 5.32 Å². The van der Waals surface area contributed by atoms with Gasteiger partial charge in [-0.2, -0.15) is 4.31 Å². The van der Waals surface area contributed by atoms with Gasteiger partial charge in [-0.05, 0) is 59.6 Å². The predicted octanol–water partition coefficient (Wildman–Crippen LogP) is 2.24. The van der Waals surface area contributed by atoms with Crippen LogP contribution in [0.1, 0.15) is 46.1 Å². The Morgan fingerprint density at radius 2 is 1.82 bits per heavy atom. The summed E-state index contributed by atoms with van der Waals surface area (Å²) in [4.78, 5) is 24.9. The van der Waals surface area contributed by atoms with Crippen molar-refractivity contribution >= 4 is 21.9 Å². The molecule has 1 aromatic carbocycles. The van der Waals surface area contributed by atoms with Crippen LogP contribution in [0, 0.1) is 12.8 Å². The molecule has 0 spiro atoms. The van der Waals surface area contributed by atoms with E-state index in [1.165, 1.54) is 4.31 Å². The van der Waals surface area contributed by atoms with E-state index in [0.717, 1.165) is 5.56 Å². The normalized spacial score (nSPS) is 19.7. The van der Waals surface area contributed by atoms with Gasteiger partial charge in [-0.25, -0.2) is 13.2 Å². The zero-order valence-corrected chi connectivity index (χ0v) is 18.0. The van der Waals surface area contributed by atoms with Gasteiger partial charge in [-0.1, -0.05) is 17.7 Å². The molecule has 0 radical (unpaired) electrons. The quantitative estimate of drug-likeness (QED) is 0.752. The number of ether oxygens (including phenoxy) is 1. The van der Waals surface area contributed by atoms with Gasteiger partial charge in [0.1, 0.15) is 11.6 Å². The van der Waals surface area contributed by atoms with Crippen molar-refractivity contribution in [3.05, 3.63) is 29.8 Å². The average molecular weight is 411 g/mol. The fourth-order valence-electron chi connectivity index (χ4n) is 3.01. The van der Waals surface area contributed by atoms with E-state index in [-0.39, 0.29) is 17.3 Å². The van der Waals surface area contributed by atoms with Crippen molar-refractivity contribution in [3.8, 4) is 0 Å². The molecule has 8 heteroatoms. The summed E-state index contributed by atoms with van der Waals surface area (Å²) in [5.74, 6) is -1.35. The average Bonchev–Trinajstić information content (AvgIpc) is 2.60. The minimum absolute atomic E-state index is 0.100. The van der Waals surface area contributed by atoms with Crippen molar-refractivity contribution in [2.75, 3.05) is 13.1 Å². The SMILES string of the molecule is Cc1ccc(S(=O)(=O)N2CCC[C@H](C(=O)N[C@H](C)C(=O)OC(C)(C)C)C2)cc1. The van der Waals surface area contributed by atoms with Crippen molar-refractivity contribution in [1.82, 2.24) is 9.62 Å². The van der Waals surface area contributed by atoms with E-state index in [9.17, 15) is 18.0 Å². The molecule has 0 saturated carbocycles. The number of aryl methyl sites for hydroxylation is 1. The van der Waals surface area contributed by atoms with Crippen LogP contribution in [0.25, 0.3) is 0 Å². The number of sulfonamides is 1. The van der Waals surface area contributed by atoms with Gasteiger partial charge < -0.3 is 10.1 Å². The maximum Gasteiger partial charge on any atom is 0.328 e. The molecule has 1 heterocycles. The van der Waals surface area contributed by atoms with Crippen molar-refractivity contribution in [2.45, 2.75) is 64.0 Å². The Morgan fingerprint density at radius 3 is 2.39 bits per heavy atom.